The average molecular weight is 228 g/mol. The van der Waals surface area contributed by atoms with Gasteiger partial charge < -0.3 is 5.32 Å². The first-order chi connectivity index (χ1) is 7.02. The summed E-state index contributed by atoms with van der Waals surface area (Å²) in [5, 5.41) is 12.7. The average Bonchev–Trinajstić information content (AvgIpc) is 2.21. The minimum atomic E-state index is 0.248. The number of thioether (sulfide) groups is 1. The van der Waals surface area contributed by atoms with Crippen LogP contribution in [-0.2, 0) is 0 Å². The van der Waals surface area contributed by atoms with Gasteiger partial charge >= 0.3 is 0 Å². The molecule has 0 aliphatic rings. The van der Waals surface area contributed by atoms with E-state index in [1.807, 2.05) is 11.8 Å². The Hall–Kier alpha value is -0.200. The predicted molar refractivity (Wildman–Crippen MR) is 69.1 cm³/mol. The zero-order valence-corrected chi connectivity index (χ0v) is 11.3. The fourth-order valence-electron chi connectivity index (χ4n) is 1.33. The van der Waals surface area contributed by atoms with E-state index in [4.69, 9.17) is 5.26 Å². The van der Waals surface area contributed by atoms with Crippen LogP contribution < -0.4 is 5.32 Å². The molecule has 0 aromatic rings. The van der Waals surface area contributed by atoms with Crippen LogP contribution in [0.25, 0.3) is 0 Å². The number of hydrogen-bond acceptors (Lipinski definition) is 3. The highest BCUT2D eigenvalue weighted by Gasteiger charge is 2.16. The third-order valence-electron chi connectivity index (χ3n) is 2.65. The molecule has 0 fully saturated rings. The van der Waals surface area contributed by atoms with Crippen LogP contribution in [0.1, 0.15) is 40.0 Å². The third kappa shape index (κ3) is 8.77. The van der Waals surface area contributed by atoms with E-state index in [-0.39, 0.29) is 5.41 Å². The maximum absolute atomic E-state index is 8.53. The lowest BCUT2D eigenvalue weighted by Gasteiger charge is -2.24. The fourth-order valence-corrected chi connectivity index (χ4v) is 1.69. The standard InChI is InChI=1S/C12H24N2S/c1-11(15-4)6-9-14-10-12(2,3)7-5-8-13/h11,14H,5-7,9-10H2,1-4H3. The van der Waals surface area contributed by atoms with E-state index in [1.165, 1.54) is 6.42 Å². The zero-order valence-electron chi connectivity index (χ0n) is 10.5. The van der Waals surface area contributed by atoms with Crippen LogP contribution >= 0.6 is 11.8 Å². The molecule has 0 amide bonds. The Morgan fingerprint density at radius 2 is 2.13 bits per heavy atom. The fraction of sp³-hybridized carbons (Fsp3) is 0.917. The highest BCUT2D eigenvalue weighted by Crippen LogP contribution is 2.20. The van der Waals surface area contributed by atoms with E-state index in [9.17, 15) is 0 Å². The molecule has 3 heteroatoms. The van der Waals surface area contributed by atoms with Gasteiger partial charge in [0.15, 0.2) is 0 Å². The molecule has 0 spiro atoms. The van der Waals surface area contributed by atoms with E-state index in [0.29, 0.717) is 6.42 Å². The van der Waals surface area contributed by atoms with Crippen LogP contribution in [-0.4, -0.2) is 24.6 Å². The molecule has 0 rings (SSSR count). The second kappa shape index (κ2) is 8.01. The molecule has 1 unspecified atom stereocenters. The first kappa shape index (κ1) is 14.8. The molecule has 1 N–H and O–H groups in total. The normalized spacial score (nSPS) is 13.5. The SMILES string of the molecule is CSC(C)CCNCC(C)(C)CCC#N. The second-order valence-corrected chi connectivity index (χ2v) is 6.11. The lowest BCUT2D eigenvalue weighted by molar-refractivity contribution is 0.318. The summed E-state index contributed by atoms with van der Waals surface area (Å²) in [5.41, 5.74) is 0.248. The molecule has 0 aliphatic carbocycles. The topological polar surface area (TPSA) is 35.8 Å². The summed E-state index contributed by atoms with van der Waals surface area (Å²) in [7, 11) is 0. The Kier molecular flexibility index (Phi) is 7.90. The molecule has 0 aliphatic heterocycles. The molecule has 15 heavy (non-hydrogen) atoms. The van der Waals surface area contributed by atoms with Crippen molar-refractivity contribution in [2.75, 3.05) is 19.3 Å². The molecule has 0 bridgehead atoms. The number of rotatable bonds is 8. The Bertz CT molecular complexity index is 196. The van der Waals surface area contributed by atoms with Gasteiger partial charge in [-0.3, -0.25) is 0 Å². The summed E-state index contributed by atoms with van der Waals surface area (Å²) in [6.45, 7) is 8.78. The van der Waals surface area contributed by atoms with Crippen LogP contribution in [0.5, 0.6) is 0 Å². The highest BCUT2D eigenvalue weighted by molar-refractivity contribution is 7.99. The smallest absolute Gasteiger partial charge is 0.0621 e. The molecular formula is C12H24N2S. The van der Waals surface area contributed by atoms with E-state index < -0.39 is 0 Å². The molecular weight excluding hydrogens is 204 g/mol. The maximum atomic E-state index is 8.53. The van der Waals surface area contributed by atoms with Gasteiger partial charge in [-0.05, 0) is 31.1 Å². The van der Waals surface area contributed by atoms with Gasteiger partial charge in [0, 0.05) is 18.2 Å². The molecule has 0 saturated heterocycles. The van der Waals surface area contributed by atoms with Gasteiger partial charge in [0.2, 0.25) is 0 Å². The zero-order chi connectivity index (χ0) is 11.7. The number of hydrogen-bond donors (Lipinski definition) is 1. The van der Waals surface area contributed by atoms with Crippen molar-refractivity contribution in [2.24, 2.45) is 5.41 Å². The van der Waals surface area contributed by atoms with E-state index in [0.717, 1.165) is 24.8 Å². The lowest BCUT2D eigenvalue weighted by atomic mass is 9.88. The van der Waals surface area contributed by atoms with Gasteiger partial charge in [0.05, 0.1) is 6.07 Å². The summed E-state index contributed by atoms with van der Waals surface area (Å²) in [6, 6.07) is 2.21. The molecule has 88 valence electrons. The highest BCUT2D eigenvalue weighted by atomic mass is 32.2. The Morgan fingerprint density at radius 3 is 2.67 bits per heavy atom. The minimum Gasteiger partial charge on any atom is -0.316 e. The van der Waals surface area contributed by atoms with Crippen molar-refractivity contribution in [2.45, 2.75) is 45.3 Å². The summed E-state index contributed by atoms with van der Waals surface area (Å²) < 4.78 is 0. The van der Waals surface area contributed by atoms with Gasteiger partial charge in [-0.1, -0.05) is 20.8 Å². The number of nitrogens with one attached hydrogen (secondary N) is 1. The molecule has 2 nitrogen and oxygen atoms in total. The van der Waals surface area contributed by atoms with Crippen molar-refractivity contribution in [3.05, 3.63) is 0 Å². The van der Waals surface area contributed by atoms with E-state index in [2.05, 4.69) is 38.4 Å². The Morgan fingerprint density at radius 1 is 1.47 bits per heavy atom. The first-order valence-electron chi connectivity index (χ1n) is 5.62. The quantitative estimate of drug-likeness (QED) is 0.649. The van der Waals surface area contributed by atoms with Crippen LogP contribution in [0.3, 0.4) is 0 Å². The van der Waals surface area contributed by atoms with Gasteiger partial charge in [0.25, 0.3) is 0 Å². The largest absolute Gasteiger partial charge is 0.316 e. The lowest BCUT2D eigenvalue weighted by Crippen LogP contribution is -2.30. The van der Waals surface area contributed by atoms with Gasteiger partial charge in [-0.25, -0.2) is 0 Å². The molecule has 0 radical (unpaired) electrons. The molecule has 1 atom stereocenters. The Balaban J connectivity index is 3.53. The van der Waals surface area contributed by atoms with Gasteiger partial charge in [0.1, 0.15) is 0 Å². The van der Waals surface area contributed by atoms with E-state index in [1.54, 1.807) is 0 Å². The van der Waals surface area contributed by atoms with Crippen LogP contribution in [0.4, 0.5) is 0 Å². The molecule has 0 aromatic carbocycles. The van der Waals surface area contributed by atoms with E-state index >= 15 is 0 Å². The van der Waals surface area contributed by atoms with Crippen molar-refractivity contribution in [1.29, 1.82) is 5.26 Å². The maximum Gasteiger partial charge on any atom is 0.0621 e. The monoisotopic (exact) mass is 228 g/mol. The molecule has 0 heterocycles. The van der Waals surface area contributed by atoms with Crippen molar-refractivity contribution >= 4 is 11.8 Å². The second-order valence-electron chi connectivity index (χ2n) is 4.83. The summed E-state index contributed by atoms with van der Waals surface area (Å²) in [4.78, 5) is 0. The number of nitrogens with zero attached hydrogens (tertiary/aromatic N) is 1. The summed E-state index contributed by atoms with van der Waals surface area (Å²) >= 11 is 1.91. The van der Waals surface area contributed by atoms with Crippen molar-refractivity contribution in [1.82, 2.24) is 5.32 Å². The van der Waals surface area contributed by atoms with Gasteiger partial charge in [-0.2, -0.15) is 17.0 Å². The third-order valence-corrected chi connectivity index (χ3v) is 3.69. The van der Waals surface area contributed by atoms with Gasteiger partial charge in [-0.15, -0.1) is 0 Å². The minimum absolute atomic E-state index is 0.248. The predicted octanol–water partition coefficient (Wildman–Crippen LogP) is 3.05. The molecule has 0 aromatic heterocycles. The summed E-state index contributed by atoms with van der Waals surface area (Å²) in [6.07, 6.45) is 5.02. The Labute approximate surface area is 98.8 Å². The number of nitriles is 1. The van der Waals surface area contributed by atoms with Crippen LogP contribution in [0.2, 0.25) is 0 Å². The molecule has 0 saturated carbocycles. The van der Waals surface area contributed by atoms with Crippen molar-refractivity contribution < 1.29 is 0 Å². The van der Waals surface area contributed by atoms with Crippen molar-refractivity contribution in [3.63, 3.8) is 0 Å². The summed E-state index contributed by atoms with van der Waals surface area (Å²) in [5.74, 6) is 0. The van der Waals surface area contributed by atoms with Crippen LogP contribution in [0, 0.1) is 16.7 Å². The first-order valence-corrected chi connectivity index (χ1v) is 6.91. The van der Waals surface area contributed by atoms with Crippen molar-refractivity contribution in [3.8, 4) is 6.07 Å². The van der Waals surface area contributed by atoms with Crippen LogP contribution in [0.15, 0.2) is 0 Å².